The highest BCUT2D eigenvalue weighted by Gasteiger charge is 2.23. The van der Waals surface area contributed by atoms with E-state index in [-0.39, 0.29) is 12.1 Å². The number of hydrogen-bond donors (Lipinski definition) is 1. The summed E-state index contributed by atoms with van der Waals surface area (Å²) in [6.45, 7) is 6.14. The number of aryl methyl sites for hydroxylation is 2. The summed E-state index contributed by atoms with van der Waals surface area (Å²) in [5, 5.41) is 4.55. The first-order valence-corrected chi connectivity index (χ1v) is 6.32. The summed E-state index contributed by atoms with van der Waals surface area (Å²) < 4.78 is 1.99. The molecule has 2 aromatic rings. The van der Waals surface area contributed by atoms with E-state index in [2.05, 4.69) is 30.0 Å². The molecule has 0 aliphatic rings. The van der Waals surface area contributed by atoms with Crippen LogP contribution in [0.1, 0.15) is 36.5 Å². The van der Waals surface area contributed by atoms with Gasteiger partial charge < -0.3 is 5.73 Å². The lowest BCUT2D eigenvalue weighted by Crippen LogP contribution is -2.34. The van der Waals surface area contributed by atoms with E-state index in [9.17, 15) is 0 Å². The van der Waals surface area contributed by atoms with Crippen molar-refractivity contribution in [3.8, 4) is 0 Å². The van der Waals surface area contributed by atoms with Gasteiger partial charge in [0, 0.05) is 17.9 Å². The molecule has 0 saturated heterocycles. The molecule has 4 heteroatoms. The molecule has 0 spiro atoms. The number of aromatic nitrogens is 3. The van der Waals surface area contributed by atoms with Crippen molar-refractivity contribution in [1.82, 2.24) is 14.8 Å². The Labute approximate surface area is 108 Å². The van der Waals surface area contributed by atoms with E-state index in [1.54, 1.807) is 6.20 Å². The van der Waals surface area contributed by atoms with Gasteiger partial charge >= 0.3 is 0 Å². The monoisotopic (exact) mass is 244 g/mol. The van der Waals surface area contributed by atoms with Crippen LogP contribution < -0.4 is 5.73 Å². The minimum atomic E-state index is 0.00454. The van der Waals surface area contributed by atoms with Crippen LogP contribution in [0.15, 0.2) is 30.5 Å². The maximum Gasteiger partial charge on any atom is 0.109 e. The van der Waals surface area contributed by atoms with Gasteiger partial charge in [0.2, 0.25) is 0 Å². The van der Waals surface area contributed by atoms with Crippen LogP contribution in [-0.4, -0.2) is 20.8 Å². The molecule has 18 heavy (non-hydrogen) atoms. The summed E-state index contributed by atoms with van der Waals surface area (Å²) >= 11 is 0. The fraction of sp³-hybridized carbons (Fsp3) is 0.429. The van der Waals surface area contributed by atoms with Crippen molar-refractivity contribution >= 4 is 0 Å². The normalized spacial score (nSPS) is 14.4. The third kappa shape index (κ3) is 2.43. The van der Waals surface area contributed by atoms with E-state index in [4.69, 9.17) is 5.73 Å². The minimum absolute atomic E-state index is 0.00454. The molecule has 0 aliphatic carbocycles. The van der Waals surface area contributed by atoms with Gasteiger partial charge in [-0.05, 0) is 38.5 Å². The molecule has 0 radical (unpaired) electrons. The van der Waals surface area contributed by atoms with Gasteiger partial charge in [-0.3, -0.25) is 9.67 Å². The molecule has 4 nitrogen and oxygen atoms in total. The van der Waals surface area contributed by atoms with Crippen LogP contribution in [0, 0.1) is 13.8 Å². The van der Waals surface area contributed by atoms with Crippen molar-refractivity contribution in [1.29, 1.82) is 0 Å². The Hall–Kier alpha value is -1.68. The molecule has 2 unspecified atom stereocenters. The molecule has 0 aromatic carbocycles. The Morgan fingerprint density at radius 3 is 2.61 bits per heavy atom. The molecule has 0 bridgehead atoms. The lowest BCUT2D eigenvalue weighted by molar-refractivity contribution is 0.407. The number of pyridine rings is 1. The summed E-state index contributed by atoms with van der Waals surface area (Å²) in [6.07, 6.45) is 2.69. The lowest BCUT2D eigenvalue weighted by atomic mass is 10.0. The van der Waals surface area contributed by atoms with Crippen LogP contribution in [0.3, 0.4) is 0 Å². The van der Waals surface area contributed by atoms with Crippen molar-refractivity contribution in [3.05, 3.63) is 47.5 Å². The summed E-state index contributed by atoms with van der Waals surface area (Å²) in [5.41, 5.74) is 9.36. The molecule has 0 amide bonds. The number of nitrogens with zero attached hydrogens (tertiary/aromatic N) is 3. The highest BCUT2D eigenvalue weighted by Crippen LogP contribution is 2.22. The van der Waals surface area contributed by atoms with E-state index in [1.165, 1.54) is 0 Å². The molecule has 2 rings (SSSR count). The van der Waals surface area contributed by atoms with E-state index in [0.717, 1.165) is 23.5 Å². The van der Waals surface area contributed by atoms with Gasteiger partial charge in [0.1, 0.15) is 6.04 Å². The maximum atomic E-state index is 6.26. The summed E-state index contributed by atoms with van der Waals surface area (Å²) in [4.78, 5) is 4.43. The Morgan fingerprint density at radius 1 is 1.33 bits per heavy atom. The number of rotatable bonds is 4. The second-order valence-corrected chi connectivity index (χ2v) is 4.64. The van der Waals surface area contributed by atoms with Crippen LogP contribution in [0.2, 0.25) is 0 Å². The number of hydrogen-bond acceptors (Lipinski definition) is 3. The van der Waals surface area contributed by atoms with E-state index < -0.39 is 0 Å². The summed E-state index contributed by atoms with van der Waals surface area (Å²) in [5.74, 6) is 0. The fourth-order valence-electron chi connectivity index (χ4n) is 2.23. The smallest absolute Gasteiger partial charge is 0.109 e. The Kier molecular flexibility index (Phi) is 3.77. The minimum Gasteiger partial charge on any atom is -0.326 e. The van der Waals surface area contributed by atoms with Gasteiger partial charge in [-0.2, -0.15) is 5.10 Å². The van der Waals surface area contributed by atoms with Gasteiger partial charge in [0.15, 0.2) is 0 Å². The average molecular weight is 244 g/mol. The first-order valence-electron chi connectivity index (χ1n) is 6.32. The zero-order valence-electron chi connectivity index (χ0n) is 11.2. The van der Waals surface area contributed by atoms with Gasteiger partial charge in [0.05, 0.1) is 11.4 Å². The van der Waals surface area contributed by atoms with Gasteiger partial charge in [-0.25, -0.2) is 0 Å². The standard InChI is InChI=1S/C14H20N4/c1-4-12(15)14(13-7-5-6-8-16-13)18-11(3)9-10(2)17-18/h5-9,12,14H,4,15H2,1-3H3. The van der Waals surface area contributed by atoms with Crippen molar-refractivity contribution in [2.24, 2.45) is 5.73 Å². The van der Waals surface area contributed by atoms with Gasteiger partial charge in [-0.1, -0.05) is 13.0 Å². The van der Waals surface area contributed by atoms with E-state index >= 15 is 0 Å². The van der Waals surface area contributed by atoms with Gasteiger partial charge in [-0.15, -0.1) is 0 Å². The predicted molar refractivity (Wildman–Crippen MR) is 72.3 cm³/mol. The fourth-order valence-corrected chi connectivity index (χ4v) is 2.23. The van der Waals surface area contributed by atoms with Crippen molar-refractivity contribution in [2.45, 2.75) is 39.3 Å². The molecule has 2 aromatic heterocycles. The lowest BCUT2D eigenvalue weighted by Gasteiger charge is -2.24. The topological polar surface area (TPSA) is 56.7 Å². The van der Waals surface area contributed by atoms with E-state index in [1.807, 2.05) is 29.8 Å². The Balaban J connectivity index is 2.47. The molecule has 0 saturated carbocycles. The molecule has 2 N–H and O–H groups in total. The van der Waals surface area contributed by atoms with Crippen molar-refractivity contribution in [3.63, 3.8) is 0 Å². The summed E-state index contributed by atoms with van der Waals surface area (Å²) in [6, 6.07) is 8.00. The van der Waals surface area contributed by atoms with Gasteiger partial charge in [0.25, 0.3) is 0 Å². The third-order valence-corrected chi connectivity index (χ3v) is 3.18. The molecule has 0 aliphatic heterocycles. The highest BCUT2D eigenvalue weighted by atomic mass is 15.3. The highest BCUT2D eigenvalue weighted by molar-refractivity contribution is 5.16. The van der Waals surface area contributed by atoms with Crippen LogP contribution in [0.4, 0.5) is 0 Å². The average Bonchev–Trinajstić information content (AvgIpc) is 2.70. The Morgan fingerprint density at radius 2 is 2.11 bits per heavy atom. The quantitative estimate of drug-likeness (QED) is 0.897. The first-order chi connectivity index (χ1) is 8.63. The molecular formula is C14H20N4. The molecule has 0 fully saturated rings. The molecule has 2 atom stereocenters. The zero-order chi connectivity index (χ0) is 13.1. The maximum absolute atomic E-state index is 6.26. The second-order valence-electron chi connectivity index (χ2n) is 4.64. The molecule has 2 heterocycles. The molecular weight excluding hydrogens is 224 g/mol. The van der Waals surface area contributed by atoms with E-state index in [0.29, 0.717) is 0 Å². The van der Waals surface area contributed by atoms with Crippen LogP contribution >= 0.6 is 0 Å². The van der Waals surface area contributed by atoms with Crippen LogP contribution in [0.5, 0.6) is 0 Å². The van der Waals surface area contributed by atoms with Crippen molar-refractivity contribution < 1.29 is 0 Å². The Bertz CT molecular complexity index is 504. The SMILES string of the molecule is CCC(N)C(c1ccccn1)n1nc(C)cc1C. The molecule has 96 valence electrons. The van der Waals surface area contributed by atoms with Crippen LogP contribution in [-0.2, 0) is 0 Å². The van der Waals surface area contributed by atoms with Crippen molar-refractivity contribution in [2.75, 3.05) is 0 Å². The number of nitrogens with two attached hydrogens (primary N) is 1. The summed E-state index contributed by atoms with van der Waals surface area (Å²) in [7, 11) is 0. The third-order valence-electron chi connectivity index (χ3n) is 3.18. The predicted octanol–water partition coefficient (Wildman–Crippen LogP) is 2.22. The largest absolute Gasteiger partial charge is 0.326 e. The first kappa shape index (κ1) is 12.8. The second kappa shape index (κ2) is 5.31. The zero-order valence-corrected chi connectivity index (χ0v) is 11.2. The van der Waals surface area contributed by atoms with Crippen LogP contribution in [0.25, 0.3) is 0 Å².